The smallest absolute Gasteiger partial charge is 0.316 e. The SMILES string of the molecule is COC(=O)C1CCc2sc(C)c(Cl)c2C1=O. The summed E-state index contributed by atoms with van der Waals surface area (Å²) in [5.41, 5.74) is 0.533. The minimum Gasteiger partial charge on any atom is -0.468 e. The van der Waals surface area contributed by atoms with Crippen molar-refractivity contribution in [3.8, 4) is 0 Å². The molecule has 0 saturated carbocycles. The lowest BCUT2D eigenvalue weighted by molar-refractivity contribution is -0.143. The van der Waals surface area contributed by atoms with Gasteiger partial charge in [-0.15, -0.1) is 11.3 Å². The summed E-state index contributed by atoms with van der Waals surface area (Å²) in [7, 11) is 1.30. The van der Waals surface area contributed by atoms with E-state index in [1.807, 2.05) is 6.92 Å². The molecule has 0 aromatic carbocycles. The van der Waals surface area contributed by atoms with Crippen LogP contribution in [-0.2, 0) is 16.0 Å². The summed E-state index contributed by atoms with van der Waals surface area (Å²) < 4.78 is 4.62. The van der Waals surface area contributed by atoms with Crippen molar-refractivity contribution >= 4 is 34.7 Å². The largest absolute Gasteiger partial charge is 0.468 e. The van der Waals surface area contributed by atoms with Crippen molar-refractivity contribution in [1.82, 2.24) is 0 Å². The molecule has 2 rings (SSSR count). The Labute approximate surface area is 102 Å². The molecule has 1 aromatic heterocycles. The number of carbonyl (C=O) groups is 2. The normalized spacial score (nSPS) is 19.4. The van der Waals surface area contributed by atoms with E-state index in [1.165, 1.54) is 18.4 Å². The second-order valence-electron chi connectivity index (χ2n) is 3.75. The highest BCUT2D eigenvalue weighted by molar-refractivity contribution is 7.13. The Bertz CT molecular complexity index is 464. The maximum atomic E-state index is 12.1. The first kappa shape index (κ1) is 11.6. The summed E-state index contributed by atoms with van der Waals surface area (Å²) in [6, 6.07) is 0. The average Bonchev–Trinajstić information content (AvgIpc) is 2.55. The number of fused-ring (bicyclic) bond motifs is 1. The number of Topliss-reactive ketones (excluding diaryl/α,β-unsaturated/α-hetero) is 1. The van der Waals surface area contributed by atoms with E-state index in [4.69, 9.17) is 11.6 Å². The molecule has 1 unspecified atom stereocenters. The summed E-state index contributed by atoms with van der Waals surface area (Å²) >= 11 is 7.61. The van der Waals surface area contributed by atoms with Crippen molar-refractivity contribution in [2.75, 3.05) is 7.11 Å². The highest BCUT2D eigenvalue weighted by atomic mass is 35.5. The second kappa shape index (κ2) is 4.18. The topological polar surface area (TPSA) is 43.4 Å². The van der Waals surface area contributed by atoms with E-state index in [2.05, 4.69) is 4.74 Å². The summed E-state index contributed by atoms with van der Waals surface area (Å²) in [5, 5.41) is 0.499. The van der Waals surface area contributed by atoms with Gasteiger partial charge in [0.25, 0.3) is 0 Å². The van der Waals surface area contributed by atoms with Gasteiger partial charge < -0.3 is 4.74 Å². The second-order valence-corrected chi connectivity index (χ2v) is 5.44. The minimum absolute atomic E-state index is 0.192. The quantitative estimate of drug-likeness (QED) is 0.575. The number of ketones is 1. The Kier molecular flexibility index (Phi) is 3.04. The van der Waals surface area contributed by atoms with Crippen molar-refractivity contribution in [3.63, 3.8) is 0 Å². The third-order valence-corrected chi connectivity index (χ3v) is 4.54. The molecule has 5 heteroatoms. The first-order valence-electron chi connectivity index (χ1n) is 4.96. The van der Waals surface area contributed by atoms with E-state index in [9.17, 15) is 9.59 Å². The van der Waals surface area contributed by atoms with Gasteiger partial charge in [0.2, 0.25) is 0 Å². The van der Waals surface area contributed by atoms with Gasteiger partial charge in [0.05, 0.1) is 17.7 Å². The predicted octanol–water partition coefficient (Wildman–Crippen LogP) is 2.63. The molecule has 0 bridgehead atoms. The number of halogens is 1. The van der Waals surface area contributed by atoms with Gasteiger partial charge in [-0.1, -0.05) is 11.6 Å². The van der Waals surface area contributed by atoms with Gasteiger partial charge in [-0.3, -0.25) is 9.59 Å². The standard InChI is InChI=1S/C11H11ClO3S/c1-5-9(12)8-7(16-5)4-3-6(10(8)13)11(14)15-2/h6H,3-4H2,1-2H3. The van der Waals surface area contributed by atoms with Crippen LogP contribution < -0.4 is 0 Å². The van der Waals surface area contributed by atoms with Crippen LogP contribution in [-0.4, -0.2) is 18.9 Å². The molecular weight excluding hydrogens is 248 g/mol. The average molecular weight is 259 g/mol. The Hall–Kier alpha value is -0.870. The monoisotopic (exact) mass is 258 g/mol. The first-order chi connectivity index (χ1) is 7.56. The van der Waals surface area contributed by atoms with Crippen LogP contribution in [0.15, 0.2) is 0 Å². The summed E-state index contributed by atoms with van der Waals surface area (Å²) in [5.74, 6) is -1.33. The molecule has 0 fully saturated rings. The van der Waals surface area contributed by atoms with Gasteiger partial charge in [0.1, 0.15) is 5.92 Å². The summed E-state index contributed by atoms with van der Waals surface area (Å²) in [4.78, 5) is 25.4. The van der Waals surface area contributed by atoms with Crippen molar-refractivity contribution in [2.24, 2.45) is 5.92 Å². The first-order valence-corrected chi connectivity index (χ1v) is 6.15. The molecule has 1 aliphatic carbocycles. The van der Waals surface area contributed by atoms with Gasteiger partial charge in [-0.25, -0.2) is 0 Å². The molecule has 1 aliphatic rings. The van der Waals surface area contributed by atoms with Crippen molar-refractivity contribution < 1.29 is 14.3 Å². The molecular formula is C11H11ClO3S. The number of aryl methyl sites for hydroxylation is 2. The van der Waals surface area contributed by atoms with E-state index in [1.54, 1.807) is 0 Å². The van der Waals surface area contributed by atoms with Crippen molar-refractivity contribution in [3.05, 3.63) is 20.3 Å². The van der Waals surface area contributed by atoms with E-state index in [-0.39, 0.29) is 5.78 Å². The van der Waals surface area contributed by atoms with Gasteiger partial charge in [-0.2, -0.15) is 0 Å². The fourth-order valence-corrected chi connectivity index (χ4v) is 3.41. The van der Waals surface area contributed by atoms with Gasteiger partial charge in [-0.05, 0) is 19.8 Å². The highest BCUT2D eigenvalue weighted by Crippen LogP contribution is 2.39. The zero-order valence-electron chi connectivity index (χ0n) is 9.00. The number of thiophene rings is 1. The molecule has 0 amide bonds. The van der Waals surface area contributed by atoms with Crippen molar-refractivity contribution in [1.29, 1.82) is 0 Å². The number of methoxy groups -OCH3 is 1. The van der Waals surface area contributed by atoms with E-state index in [0.29, 0.717) is 17.0 Å². The molecule has 0 aliphatic heterocycles. The number of hydrogen-bond donors (Lipinski definition) is 0. The van der Waals surface area contributed by atoms with Crippen LogP contribution in [0.25, 0.3) is 0 Å². The lowest BCUT2D eigenvalue weighted by Crippen LogP contribution is -2.29. The highest BCUT2D eigenvalue weighted by Gasteiger charge is 2.36. The number of hydrogen-bond acceptors (Lipinski definition) is 4. The zero-order valence-corrected chi connectivity index (χ0v) is 10.6. The van der Waals surface area contributed by atoms with Gasteiger partial charge in [0, 0.05) is 9.75 Å². The molecule has 0 radical (unpaired) electrons. The molecule has 0 saturated heterocycles. The third-order valence-electron chi connectivity index (χ3n) is 2.79. The maximum Gasteiger partial charge on any atom is 0.316 e. The van der Waals surface area contributed by atoms with Crippen LogP contribution in [0.5, 0.6) is 0 Å². The van der Waals surface area contributed by atoms with Crippen LogP contribution in [0.1, 0.15) is 26.5 Å². The van der Waals surface area contributed by atoms with E-state index >= 15 is 0 Å². The van der Waals surface area contributed by atoms with Crippen LogP contribution in [0.2, 0.25) is 5.02 Å². The Morgan fingerprint density at radius 2 is 2.25 bits per heavy atom. The van der Waals surface area contributed by atoms with E-state index < -0.39 is 11.9 Å². The van der Waals surface area contributed by atoms with Crippen LogP contribution >= 0.6 is 22.9 Å². The third kappa shape index (κ3) is 1.66. The molecule has 1 atom stereocenters. The zero-order chi connectivity index (χ0) is 11.9. The van der Waals surface area contributed by atoms with Gasteiger partial charge in [0.15, 0.2) is 5.78 Å². The van der Waals surface area contributed by atoms with Gasteiger partial charge >= 0.3 is 5.97 Å². The Balaban J connectivity index is 2.42. The molecule has 1 heterocycles. The number of rotatable bonds is 1. The number of ether oxygens (including phenoxy) is 1. The molecule has 3 nitrogen and oxygen atoms in total. The molecule has 1 aromatic rings. The predicted molar refractivity (Wildman–Crippen MR) is 62.2 cm³/mol. The fourth-order valence-electron chi connectivity index (χ4n) is 1.95. The lowest BCUT2D eigenvalue weighted by Gasteiger charge is -2.18. The molecule has 0 spiro atoms. The van der Waals surface area contributed by atoms with E-state index in [0.717, 1.165) is 16.2 Å². The van der Waals surface area contributed by atoms with Crippen LogP contribution in [0.4, 0.5) is 0 Å². The summed E-state index contributed by atoms with van der Waals surface area (Å²) in [6.07, 6.45) is 1.24. The minimum atomic E-state index is -0.677. The lowest BCUT2D eigenvalue weighted by atomic mass is 9.87. The Morgan fingerprint density at radius 1 is 1.56 bits per heavy atom. The van der Waals surface area contributed by atoms with Crippen LogP contribution in [0, 0.1) is 12.8 Å². The number of carbonyl (C=O) groups excluding carboxylic acids is 2. The Morgan fingerprint density at radius 3 is 2.88 bits per heavy atom. The fraction of sp³-hybridized carbons (Fsp3) is 0.455. The number of esters is 1. The van der Waals surface area contributed by atoms with Crippen LogP contribution in [0.3, 0.4) is 0 Å². The summed E-state index contributed by atoms with van der Waals surface area (Å²) in [6.45, 7) is 1.88. The molecule has 16 heavy (non-hydrogen) atoms. The van der Waals surface area contributed by atoms with Crippen molar-refractivity contribution in [2.45, 2.75) is 19.8 Å². The molecule has 0 N–H and O–H groups in total. The molecule has 86 valence electrons. The maximum absolute atomic E-state index is 12.1.